The highest BCUT2D eigenvalue weighted by Crippen LogP contribution is 2.39. The molecule has 1 saturated carbocycles. The van der Waals surface area contributed by atoms with Crippen LogP contribution in [0.15, 0.2) is 24.3 Å². The van der Waals surface area contributed by atoms with E-state index in [-0.39, 0.29) is 10.1 Å². The van der Waals surface area contributed by atoms with Crippen LogP contribution >= 0.6 is 27.5 Å². The van der Waals surface area contributed by atoms with Crippen LogP contribution in [0.5, 0.6) is 0 Å². The Morgan fingerprint density at radius 1 is 1.19 bits per heavy atom. The zero-order valence-electron chi connectivity index (χ0n) is 9.01. The molecule has 0 saturated heterocycles. The lowest BCUT2D eigenvalue weighted by atomic mass is 9.83. The minimum absolute atomic E-state index is 0.137. The topological polar surface area (TPSA) is 17.1 Å². The summed E-state index contributed by atoms with van der Waals surface area (Å²) in [6.07, 6.45) is 5.28. The smallest absolute Gasteiger partial charge is 0.181 e. The van der Waals surface area contributed by atoms with E-state index in [2.05, 4.69) is 15.9 Å². The molecule has 2 rings (SSSR count). The Labute approximate surface area is 109 Å². The van der Waals surface area contributed by atoms with Gasteiger partial charge in [0.15, 0.2) is 5.78 Å². The van der Waals surface area contributed by atoms with Crippen molar-refractivity contribution in [3.05, 3.63) is 34.9 Å². The average Bonchev–Trinajstić information content (AvgIpc) is 2.30. The molecule has 3 heteroatoms. The van der Waals surface area contributed by atoms with Crippen molar-refractivity contribution in [1.29, 1.82) is 0 Å². The van der Waals surface area contributed by atoms with E-state index in [1.54, 1.807) is 6.07 Å². The van der Waals surface area contributed by atoms with Crippen LogP contribution in [0, 0.1) is 0 Å². The highest BCUT2D eigenvalue weighted by atomic mass is 79.9. The van der Waals surface area contributed by atoms with Gasteiger partial charge in [-0.15, -0.1) is 0 Å². The third-order valence-corrected chi connectivity index (χ3v) is 4.65. The SMILES string of the molecule is O=C(c1ccccc1Cl)C1(Br)CCCCC1. The Morgan fingerprint density at radius 2 is 1.81 bits per heavy atom. The van der Waals surface area contributed by atoms with Gasteiger partial charge in [-0.05, 0) is 25.0 Å². The highest BCUT2D eigenvalue weighted by molar-refractivity contribution is 9.10. The molecule has 1 aliphatic rings. The Hall–Kier alpha value is -0.340. The van der Waals surface area contributed by atoms with E-state index in [1.807, 2.05) is 18.2 Å². The largest absolute Gasteiger partial charge is 0.293 e. The van der Waals surface area contributed by atoms with Gasteiger partial charge in [-0.1, -0.05) is 58.9 Å². The van der Waals surface area contributed by atoms with Gasteiger partial charge >= 0.3 is 0 Å². The first-order valence-electron chi connectivity index (χ1n) is 5.62. The maximum atomic E-state index is 12.4. The van der Waals surface area contributed by atoms with Crippen LogP contribution in [0.4, 0.5) is 0 Å². The van der Waals surface area contributed by atoms with E-state index in [0.717, 1.165) is 25.7 Å². The standard InChI is InChI=1S/C13H14BrClO/c14-13(8-4-1-5-9-13)12(16)10-6-2-3-7-11(10)15/h2-3,6-7H,1,4-5,8-9H2. The maximum absolute atomic E-state index is 12.4. The summed E-state index contributed by atoms with van der Waals surface area (Å²) in [5.74, 6) is 0.137. The lowest BCUT2D eigenvalue weighted by molar-refractivity contribution is 0.0923. The first-order valence-corrected chi connectivity index (χ1v) is 6.79. The number of Topliss-reactive ketones (excluding diaryl/α,β-unsaturated/α-hetero) is 1. The van der Waals surface area contributed by atoms with Crippen molar-refractivity contribution in [3.8, 4) is 0 Å². The third-order valence-electron chi connectivity index (χ3n) is 3.17. The Bertz CT molecular complexity index is 397. The molecule has 0 radical (unpaired) electrons. The fourth-order valence-electron chi connectivity index (χ4n) is 2.23. The van der Waals surface area contributed by atoms with Crippen molar-refractivity contribution in [2.75, 3.05) is 0 Å². The number of ketones is 1. The summed E-state index contributed by atoms with van der Waals surface area (Å²) in [6, 6.07) is 7.29. The molecule has 1 aromatic carbocycles. The summed E-state index contributed by atoms with van der Waals surface area (Å²) >= 11 is 9.68. The van der Waals surface area contributed by atoms with Crippen molar-refractivity contribution in [2.24, 2.45) is 0 Å². The molecule has 0 atom stereocenters. The first-order chi connectivity index (χ1) is 7.63. The predicted octanol–water partition coefficient (Wildman–Crippen LogP) is 4.62. The molecule has 1 aliphatic carbocycles. The fraction of sp³-hybridized carbons (Fsp3) is 0.462. The van der Waals surface area contributed by atoms with Crippen LogP contribution in [-0.4, -0.2) is 10.1 Å². The summed E-state index contributed by atoms with van der Waals surface area (Å²) in [5.41, 5.74) is 0.642. The molecule has 86 valence electrons. The number of benzene rings is 1. The minimum Gasteiger partial charge on any atom is -0.293 e. The van der Waals surface area contributed by atoms with Gasteiger partial charge in [-0.2, -0.15) is 0 Å². The average molecular weight is 302 g/mol. The Morgan fingerprint density at radius 3 is 2.44 bits per heavy atom. The van der Waals surface area contributed by atoms with E-state index in [0.29, 0.717) is 10.6 Å². The molecule has 1 fully saturated rings. The molecule has 1 nitrogen and oxygen atoms in total. The Kier molecular flexibility index (Phi) is 3.70. The normalized spacial score (nSPS) is 19.4. The van der Waals surface area contributed by atoms with Gasteiger partial charge in [-0.3, -0.25) is 4.79 Å². The number of rotatable bonds is 2. The molecular weight excluding hydrogens is 287 g/mol. The molecule has 16 heavy (non-hydrogen) atoms. The molecular formula is C13H14BrClO. The summed E-state index contributed by atoms with van der Waals surface area (Å²) in [6.45, 7) is 0. The predicted molar refractivity (Wildman–Crippen MR) is 70.5 cm³/mol. The molecule has 0 aromatic heterocycles. The van der Waals surface area contributed by atoms with Crippen molar-refractivity contribution < 1.29 is 4.79 Å². The van der Waals surface area contributed by atoms with Crippen LogP contribution in [0.3, 0.4) is 0 Å². The third kappa shape index (κ3) is 2.33. The van der Waals surface area contributed by atoms with Crippen molar-refractivity contribution in [2.45, 2.75) is 36.4 Å². The van der Waals surface area contributed by atoms with Crippen LogP contribution in [0.1, 0.15) is 42.5 Å². The van der Waals surface area contributed by atoms with Gasteiger partial charge in [0, 0.05) is 5.56 Å². The second kappa shape index (κ2) is 4.89. The maximum Gasteiger partial charge on any atom is 0.181 e. The fourth-order valence-corrected chi connectivity index (χ4v) is 3.22. The minimum atomic E-state index is -0.379. The van der Waals surface area contributed by atoms with Crippen LogP contribution in [0.2, 0.25) is 5.02 Å². The zero-order valence-corrected chi connectivity index (χ0v) is 11.4. The van der Waals surface area contributed by atoms with Crippen LogP contribution in [0.25, 0.3) is 0 Å². The van der Waals surface area contributed by atoms with Crippen molar-refractivity contribution in [1.82, 2.24) is 0 Å². The molecule has 0 N–H and O–H groups in total. The van der Waals surface area contributed by atoms with Crippen molar-refractivity contribution >= 4 is 33.3 Å². The molecule has 1 aromatic rings. The molecule has 0 spiro atoms. The number of carbonyl (C=O) groups is 1. The van der Waals surface area contributed by atoms with E-state index in [9.17, 15) is 4.79 Å². The summed E-state index contributed by atoms with van der Waals surface area (Å²) in [5, 5.41) is 0.553. The number of carbonyl (C=O) groups excluding carboxylic acids is 1. The molecule has 0 unspecified atom stereocenters. The second-order valence-corrected chi connectivity index (χ2v) is 6.26. The van der Waals surface area contributed by atoms with E-state index < -0.39 is 0 Å². The summed E-state index contributed by atoms with van der Waals surface area (Å²) < 4.78 is -0.379. The van der Waals surface area contributed by atoms with Crippen molar-refractivity contribution in [3.63, 3.8) is 0 Å². The number of halogens is 2. The zero-order chi connectivity index (χ0) is 11.6. The van der Waals surface area contributed by atoms with Crippen LogP contribution in [-0.2, 0) is 0 Å². The summed E-state index contributed by atoms with van der Waals surface area (Å²) in [7, 11) is 0. The Balaban J connectivity index is 2.28. The first kappa shape index (κ1) is 12.1. The summed E-state index contributed by atoms with van der Waals surface area (Å²) in [4.78, 5) is 12.4. The number of hydrogen-bond donors (Lipinski definition) is 0. The lowest BCUT2D eigenvalue weighted by Crippen LogP contribution is -2.34. The van der Waals surface area contributed by atoms with Gasteiger partial charge < -0.3 is 0 Å². The van der Waals surface area contributed by atoms with E-state index in [4.69, 9.17) is 11.6 Å². The molecule has 0 amide bonds. The highest BCUT2D eigenvalue weighted by Gasteiger charge is 2.37. The van der Waals surface area contributed by atoms with Gasteiger partial charge in [0.25, 0.3) is 0 Å². The van der Waals surface area contributed by atoms with Crippen LogP contribution < -0.4 is 0 Å². The molecule has 0 heterocycles. The molecule has 0 aliphatic heterocycles. The van der Waals surface area contributed by atoms with Gasteiger partial charge in [0.05, 0.1) is 9.35 Å². The van der Waals surface area contributed by atoms with Gasteiger partial charge in [0.1, 0.15) is 0 Å². The molecule has 0 bridgehead atoms. The monoisotopic (exact) mass is 300 g/mol. The lowest BCUT2D eigenvalue weighted by Gasteiger charge is -2.30. The second-order valence-electron chi connectivity index (χ2n) is 4.33. The van der Waals surface area contributed by atoms with E-state index in [1.165, 1.54) is 6.42 Å². The van der Waals surface area contributed by atoms with E-state index >= 15 is 0 Å². The number of alkyl halides is 1. The number of hydrogen-bond acceptors (Lipinski definition) is 1. The van der Waals surface area contributed by atoms with Gasteiger partial charge in [0.2, 0.25) is 0 Å². The van der Waals surface area contributed by atoms with Gasteiger partial charge in [-0.25, -0.2) is 0 Å². The quantitative estimate of drug-likeness (QED) is 0.575.